The summed E-state index contributed by atoms with van der Waals surface area (Å²) in [7, 11) is 1.75. The SMILES string of the molecule is CCNC(CCc1nc(C)c(C)s1)COC. The van der Waals surface area contributed by atoms with Crippen LogP contribution in [0.1, 0.15) is 28.9 Å². The number of rotatable bonds is 7. The Bertz CT molecular complexity index is 286. The van der Waals surface area contributed by atoms with Crippen molar-refractivity contribution in [2.45, 2.75) is 39.7 Å². The van der Waals surface area contributed by atoms with E-state index in [1.54, 1.807) is 7.11 Å². The topological polar surface area (TPSA) is 34.2 Å². The highest BCUT2D eigenvalue weighted by Crippen LogP contribution is 2.18. The molecule has 4 heteroatoms. The van der Waals surface area contributed by atoms with Gasteiger partial charge in [-0.15, -0.1) is 11.3 Å². The molecule has 0 saturated carbocycles. The first-order valence-corrected chi connectivity index (χ1v) is 6.64. The van der Waals surface area contributed by atoms with Gasteiger partial charge in [-0.2, -0.15) is 0 Å². The van der Waals surface area contributed by atoms with E-state index in [1.165, 1.54) is 15.6 Å². The minimum atomic E-state index is 0.444. The van der Waals surface area contributed by atoms with Crippen LogP contribution in [-0.2, 0) is 11.2 Å². The van der Waals surface area contributed by atoms with E-state index in [0.29, 0.717) is 6.04 Å². The van der Waals surface area contributed by atoms with Crippen LogP contribution in [0.3, 0.4) is 0 Å². The van der Waals surface area contributed by atoms with Crippen molar-refractivity contribution in [1.82, 2.24) is 10.3 Å². The van der Waals surface area contributed by atoms with Crippen molar-refractivity contribution >= 4 is 11.3 Å². The molecule has 0 saturated heterocycles. The van der Waals surface area contributed by atoms with Crippen molar-refractivity contribution in [3.05, 3.63) is 15.6 Å². The molecule has 0 fully saturated rings. The number of hydrogen-bond donors (Lipinski definition) is 1. The molecule has 1 aromatic rings. The van der Waals surface area contributed by atoms with Gasteiger partial charge in [0.1, 0.15) is 0 Å². The highest BCUT2D eigenvalue weighted by Gasteiger charge is 2.09. The van der Waals surface area contributed by atoms with Crippen LogP contribution in [-0.4, -0.2) is 31.3 Å². The van der Waals surface area contributed by atoms with Gasteiger partial charge in [0, 0.05) is 24.4 Å². The fourth-order valence-corrected chi connectivity index (χ4v) is 2.63. The molecule has 1 atom stereocenters. The first kappa shape index (κ1) is 13.6. The molecular formula is C12H22N2OS. The van der Waals surface area contributed by atoms with Crippen molar-refractivity contribution in [3.63, 3.8) is 0 Å². The highest BCUT2D eigenvalue weighted by molar-refractivity contribution is 7.11. The van der Waals surface area contributed by atoms with E-state index in [4.69, 9.17) is 4.74 Å². The number of thiazole rings is 1. The molecule has 0 aliphatic heterocycles. The van der Waals surface area contributed by atoms with Crippen molar-refractivity contribution in [3.8, 4) is 0 Å². The number of aryl methyl sites for hydroxylation is 3. The van der Waals surface area contributed by atoms with Crippen LogP contribution in [0.25, 0.3) is 0 Å². The maximum Gasteiger partial charge on any atom is 0.0931 e. The zero-order valence-electron chi connectivity index (χ0n) is 10.7. The van der Waals surface area contributed by atoms with Gasteiger partial charge in [-0.25, -0.2) is 4.98 Å². The summed E-state index contributed by atoms with van der Waals surface area (Å²) < 4.78 is 5.19. The van der Waals surface area contributed by atoms with Crippen molar-refractivity contribution < 1.29 is 4.74 Å². The summed E-state index contributed by atoms with van der Waals surface area (Å²) in [6.07, 6.45) is 2.13. The van der Waals surface area contributed by atoms with E-state index >= 15 is 0 Å². The van der Waals surface area contributed by atoms with Crippen LogP contribution in [0.2, 0.25) is 0 Å². The van der Waals surface area contributed by atoms with Gasteiger partial charge in [-0.3, -0.25) is 0 Å². The molecule has 0 bridgehead atoms. The molecule has 0 aromatic carbocycles. The van der Waals surface area contributed by atoms with Gasteiger partial charge in [0.05, 0.1) is 17.3 Å². The average molecular weight is 242 g/mol. The molecule has 0 amide bonds. The minimum Gasteiger partial charge on any atom is -0.383 e. The molecule has 1 heterocycles. The summed E-state index contributed by atoms with van der Waals surface area (Å²) in [5, 5.41) is 4.67. The van der Waals surface area contributed by atoms with Crippen molar-refractivity contribution in [2.24, 2.45) is 0 Å². The number of aromatic nitrogens is 1. The van der Waals surface area contributed by atoms with Gasteiger partial charge in [-0.1, -0.05) is 6.92 Å². The molecule has 1 aromatic heterocycles. The Morgan fingerprint density at radius 3 is 2.69 bits per heavy atom. The van der Waals surface area contributed by atoms with Crippen LogP contribution >= 0.6 is 11.3 Å². The summed E-state index contributed by atoms with van der Waals surface area (Å²) in [6, 6.07) is 0.444. The molecule has 1 N–H and O–H groups in total. The quantitative estimate of drug-likeness (QED) is 0.797. The van der Waals surface area contributed by atoms with E-state index < -0.39 is 0 Å². The zero-order valence-corrected chi connectivity index (χ0v) is 11.5. The Morgan fingerprint density at radius 1 is 1.44 bits per heavy atom. The Balaban J connectivity index is 2.41. The van der Waals surface area contributed by atoms with Crippen LogP contribution < -0.4 is 5.32 Å². The predicted octanol–water partition coefficient (Wildman–Crippen LogP) is 2.32. The average Bonchev–Trinajstić information content (AvgIpc) is 2.56. The second-order valence-corrected chi connectivity index (χ2v) is 5.29. The highest BCUT2D eigenvalue weighted by atomic mass is 32.1. The first-order valence-electron chi connectivity index (χ1n) is 5.82. The van der Waals surface area contributed by atoms with Crippen LogP contribution in [0.15, 0.2) is 0 Å². The van der Waals surface area contributed by atoms with E-state index in [2.05, 4.69) is 31.1 Å². The molecule has 0 aliphatic carbocycles. The summed E-state index contributed by atoms with van der Waals surface area (Å²) in [4.78, 5) is 5.89. The molecule has 0 radical (unpaired) electrons. The lowest BCUT2D eigenvalue weighted by Gasteiger charge is -2.15. The number of hydrogen-bond acceptors (Lipinski definition) is 4. The van der Waals surface area contributed by atoms with Crippen LogP contribution in [0.4, 0.5) is 0 Å². The molecule has 1 unspecified atom stereocenters. The maximum atomic E-state index is 5.19. The molecule has 0 spiro atoms. The van der Waals surface area contributed by atoms with E-state index in [9.17, 15) is 0 Å². The van der Waals surface area contributed by atoms with Crippen LogP contribution in [0, 0.1) is 13.8 Å². The third-order valence-corrected chi connectivity index (χ3v) is 3.77. The van der Waals surface area contributed by atoms with E-state index in [0.717, 1.165) is 26.0 Å². The summed E-state index contributed by atoms with van der Waals surface area (Å²) in [5.41, 5.74) is 1.17. The van der Waals surface area contributed by atoms with Crippen LogP contribution in [0.5, 0.6) is 0 Å². The largest absolute Gasteiger partial charge is 0.383 e. The van der Waals surface area contributed by atoms with Gasteiger partial charge in [-0.05, 0) is 26.8 Å². The Morgan fingerprint density at radius 2 is 2.19 bits per heavy atom. The number of likely N-dealkylation sites (N-methyl/N-ethyl adjacent to an activating group) is 1. The Kier molecular flexibility index (Phi) is 5.95. The second kappa shape index (κ2) is 6.99. The van der Waals surface area contributed by atoms with E-state index in [1.807, 2.05) is 11.3 Å². The monoisotopic (exact) mass is 242 g/mol. The lowest BCUT2D eigenvalue weighted by atomic mass is 10.1. The third-order valence-electron chi connectivity index (χ3n) is 2.64. The molecule has 3 nitrogen and oxygen atoms in total. The summed E-state index contributed by atoms with van der Waals surface area (Å²) in [6.45, 7) is 8.10. The molecule has 0 aliphatic rings. The third kappa shape index (κ3) is 4.20. The lowest BCUT2D eigenvalue weighted by Crippen LogP contribution is -2.33. The van der Waals surface area contributed by atoms with Gasteiger partial charge in [0.2, 0.25) is 0 Å². The summed E-state index contributed by atoms with van der Waals surface area (Å²) in [5.74, 6) is 0. The fraction of sp³-hybridized carbons (Fsp3) is 0.750. The first-order chi connectivity index (χ1) is 7.67. The van der Waals surface area contributed by atoms with Gasteiger partial charge < -0.3 is 10.1 Å². The molecule has 16 heavy (non-hydrogen) atoms. The van der Waals surface area contributed by atoms with Crippen molar-refractivity contribution in [1.29, 1.82) is 0 Å². The Labute approximate surface area is 102 Å². The van der Waals surface area contributed by atoms with Gasteiger partial charge >= 0.3 is 0 Å². The number of ether oxygens (including phenoxy) is 1. The predicted molar refractivity (Wildman–Crippen MR) is 69.2 cm³/mol. The Hall–Kier alpha value is -0.450. The fourth-order valence-electron chi connectivity index (χ4n) is 1.68. The smallest absolute Gasteiger partial charge is 0.0931 e. The lowest BCUT2D eigenvalue weighted by molar-refractivity contribution is 0.163. The number of methoxy groups -OCH3 is 1. The number of nitrogens with zero attached hydrogens (tertiary/aromatic N) is 1. The maximum absolute atomic E-state index is 5.19. The molecule has 92 valence electrons. The van der Waals surface area contributed by atoms with Gasteiger partial charge in [0.15, 0.2) is 0 Å². The van der Waals surface area contributed by atoms with Crippen molar-refractivity contribution in [2.75, 3.05) is 20.3 Å². The molecular weight excluding hydrogens is 220 g/mol. The minimum absolute atomic E-state index is 0.444. The molecule has 1 rings (SSSR count). The van der Waals surface area contributed by atoms with E-state index in [-0.39, 0.29) is 0 Å². The zero-order chi connectivity index (χ0) is 12.0. The standard InChI is InChI=1S/C12H22N2OS/c1-5-13-11(8-15-4)6-7-12-14-9(2)10(3)16-12/h11,13H,5-8H2,1-4H3. The normalized spacial score (nSPS) is 13.0. The number of nitrogens with one attached hydrogen (secondary N) is 1. The van der Waals surface area contributed by atoms with Gasteiger partial charge in [0.25, 0.3) is 0 Å². The summed E-state index contributed by atoms with van der Waals surface area (Å²) >= 11 is 1.81. The second-order valence-electron chi connectivity index (χ2n) is 4.00.